The van der Waals surface area contributed by atoms with Gasteiger partial charge in [0.25, 0.3) is 0 Å². The molecule has 3 heteroatoms. The third-order valence-electron chi connectivity index (χ3n) is 5.64. The van der Waals surface area contributed by atoms with E-state index in [4.69, 9.17) is 0 Å². The molecule has 124 valence electrons. The quantitative estimate of drug-likeness (QED) is 0.553. The summed E-state index contributed by atoms with van der Waals surface area (Å²) in [5, 5.41) is 0. The number of aromatic nitrogens is 1. The monoisotopic (exact) mass is 339 g/mol. The molecule has 0 N–H and O–H groups in total. The first-order chi connectivity index (χ1) is 10.3. The van der Waals surface area contributed by atoms with Crippen LogP contribution in [0.1, 0.15) is 70.8 Å². The lowest BCUT2D eigenvalue weighted by molar-refractivity contribution is -0.719. The van der Waals surface area contributed by atoms with E-state index in [-0.39, 0.29) is 12.4 Å². The zero-order valence-corrected chi connectivity index (χ0v) is 15.6. The molecule has 1 aromatic rings. The summed E-state index contributed by atoms with van der Waals surface area (Å²) in [6, 6.07) is 7.10. The van der Waals surface area contributed by atoms with Gasteiger partial charge in [0.15, 0.2) is 18.4 Å². The van der Waals surface area contributed by atoms with Gasteiger partial charge in [0.2, 0.25) is 0 Å². The van der Waals surface area contributed by atoms with Crippen LogP contribution in [0.2, 0.25) is 0 Å². The number of hydrogen-bond donors (Lipinski definition) is 0. The van der Waals surface area contributed by atoms with Gasteiger partial charge in [0.05, 0.1) is 0 Å². The molecule has 1 nitrogen and oxygen atoms in total. The molecule has 3 rings (SSSR count). The fourth-order valence-electron chi connectivity index (χ4n) is 4.33. The van der Waals surface area contributed by atoms with Crippen LogP contribution in [0.5, 0.6) is 0 Å². The Morgan fingerprint density at radius 1 is 0.909 bits per heavy atom. The standard InChI is InChI=1S/C19H31NP.ClH/c1-17(20-14-7-2-8-15-20)13-16-21(18-9-3-4-10-18)19-11-5-6-12-19;/h2,7-8,14-15,17-19H,3-6,9-13,16H2,1H3;1H/q+1;/p-1. The molecular formula is C19H31ClNP. The highest BCUT2D eigenvalue weighted by Crippen LogP contribution is 2.57. The van der Waals surface area contributed by atoms with E-state index < -0.39 is 0 Å². The smallest absolute Gasteiger partial charge is 0.169 e. The third kappa shape index (κ3) is 4.68. The lowest BCUT2D eigenvalue weighted by Gasteiger charge is -2.30. The normalized spacial score (nSPS) is 21.2. The van der Waals surface area contributed by atoms with Crippen LogP contribution in [0, 0.1) is 0 Å². The summed E-state index contributed by atoms with van der Waals surface area (Å²) in [5.41, 5.74) is 2.24. The topological polar surface area (TPSA) is 3.88 Å². The first-order valence-corrected chi connectivity index (χ1v) is 10.7. The molecule has 2 fully saturated rings. The van der Waals surface area contributed by atoms with Gasteiger partial charge in [-0.3, -0.25) is 0 Å². The van der Waals surface area contributed by atoms with Crippen molar-refractivity contribution in [3.8, 4) is 0 Å². The number of nitrogens with zero attached hydrogens (tertiary/aromatic N) is 1. The molecule has 1 aromatic heterocycles. The van der Waals surface area contributed by atoms with Crippen LogP contribution in [0.4, 0.5) is 0 Å². The summed E-state index contributed by atoms with van der Waals surface area (Å²) in [7, 11) is 0.301. The second kappa shape index (κ2) is 9.24. The van der Waals surface area contributed by atoms with Crippen LogP contribution in [0.15, 0.2) is 30.6 Å². The van der Waals surface area contributed by atoms with E-state index in [9.17, 15) is 0 Å². The Bertz CT molecular complexity index is 397. The molecule has 1 unspecified atom stereocenters. The fraction of sp³-hybridized carbons (Fsp3) is 0.737. The molecule has 2 aliphatic carbocycles. The predicted molar refractivity (Wildman–Crippen MR) is 92.3 cm³/mol. The first-order valence-electron chi connectivity index (χ1n) is 9.06. The Kier molecular flexibility index (Phi) is 7.65. The van der Waals surface area contributed by atoms with Gasteiger partial charge in [0, 0.05) is 18.6 Å². The van der Waals surface area contributed by atoms with E-state index in [1.54, 1.807) is 25.7 Å². The van der Waals surface area contributed by atoms with Gasteiger partial charge in [-0.25, -0.2) is 4.57 Å². The van der Waals surface area contributed by atoms with Crippen molar-refractivity contribution < 1.29 is 17.0 Å². The summed E-state index contributed by atoms with van der Waals surface area (Å²) in [4.78, 5) is 0. The van der Waals surface area contributed by atoms with E-state index in [1.165, 1.54) is 38.3 Å². The molecule has 1 atom stereocenters. The molecule has 0 spiro atoms. The van der Waals surface area contributed by atoms with Crippen LogP contribution < -0.4 is 17.0 Å². The van der Waals surface area contributed by atoms with Crippen molar-refractivity contribution in [1.82, 2.24) is 0 Å². The van der Waals surface area contributed by atoms with E-state index in [1.807, 2.05) is 0 Å². The maximum atomic E-state index is 2.40. The van der Waals surface area contributed by atoms with Gasteiger partial charge in [-0.05, 0) is 50.1 Å². The predicted octanol–water partition coefficient (Wildman–Crippen LogP) is 2.30. The highest BCUT2D eigenvalue weighted by atomic mass is 35.5. The van der Waals surface area contributed by atoms with Crippen molar-refractivity contribution in [2.75, 3.05) is 6.16 Å². The number of pyridine rings is 1. The average molecular weight is 340 g/mol. The van der Waals surface area contributed by atoms with Gasteiger partial charge in [-0.15, -0.1) is 7.92 Å². The van der Waals surface area contributed by atoms with Crippen molar-refractivity contribution in [1.29, 1.82) is 0 Å². The van der Waals surface area contributed by atoms with E-state index in [2.05, 4.69) is 42.1 Å². The lowest BCUT2D eigenvalue weighted by atomic mass is 10.2. The van der Waals surface area contributed by atoms with E-state index in [0.29, 0.717) is 14.0 Å². The highest BCUT2D eigenvalue weighted by molar-refractivity contribution is 7.59. The Morgan fingerprint density at radius 2 is 1.41 bits per heavy atom. The number of halogens is 1. The van der Waals surface area contributed by atoms with Gasteiger partial charge in [-0.2, -0.15) is 0 Å². The molecule has 1 heterocycles. The van der Waals surface area contributed by atoms with Crippen LogP contribution >= 0.6 is 7.92 Å². The van der Waals surface area contributed by atoms with Gasteiger partial charge in [0.1, 0.15) is 0 Å². The summed E-state index contributed by atoms with van der Waals surface area (Å²) >= 11 is 0. The fourth-order valence-corrected chi connectivity index (χ4v) is 8.38. The highest BCUT2D eigenvalue weighted by Gasteiger charge is 2.33. The van der Waals surface area contributed by atoms with Crippen molar-refractivity contribution in [3.05, 3.63) is 30.6 Å². The summed E-state index contributed by atoms with van der Waals surface area (Å²) in [6.45, 7) is 2.40. The minimum Gasteiger partial charge on any atom is -1.00 e. The Balaban J connectivity index is 0.00000176. The van der Waals surface area contributed by atoms with Gasteiger partial charge in [-0.1, -0.05) is 31.7 Å². The Hall–Kier alpha value is -0.130. The minimum absolute atomic E-state index is 0. The van der Waals surface area contributed by atoms with E-state index >= 15 is 0 Å². The van der Waals surface area contributed by atoms with Gasteiger partial charge < -0.3 is 12.4 Å². The summed E-state index contributed by atoms with van der Waals surface area (Å²) < 4.78 is 2.40. The Morgan fingerprint density at radius 3 is 1.91 bits per heavy atom. The van der Waals surface area contributed by atoms with Crippen molar-refractivity contribution in [3.63, 3.8) is 0 Å². The van der Waals surface area contributed by atoms with E-state index in [0.717, 1.165) is 11.3 Å². The molecular weight excluding hydrogens is 309 g/mol. The molecule has 2 saturated carbocycles. The second-order valence-corrected chi connectivity index (χ2v) is 10.0. The van der Waals surface area contributed by atoms with Crippen molar-refractivity contribution >= 4 is 7.92 Å². The zero-order valence-electron chi connectivity index (χ0n) is 14.0. The largest absolute Gasteiger partial charge is 1.00 e. The van der Waals surface area contributed by atoms with Crippen LogP contribution in [0.3, 0.4) is 0 Å². The van der Waals surface area contributed by atoms with Crippen molar-refractivity contribution in [2.45, 2.75) is 82.1 Å². The lowest BCUT2D eigenvalue weighted by Crippen LogP contribution is -3.00. The molecule has 0 aromatic carbocycles. The van der Waals surface area contributed by atoms with Crippen LogP contribution in [-0.2, 0) is 0 Å². The molecule has 0 aliphatic heterocycles. The van der Waals surface area contributed by atoms with Crippen LogP contribution in [0.25, 0.3) is 0 Å². The molecule has 0 saturated heterocycles. The summed E-state index contributed by atoms with van der Waals surface area (Å²) in [5.74, 6) is 0. The average Bonchev–Trinajstić information content (AvgIpc) is 3.22. The molecule has 0 amide bonds. The van der Waals surface area contributed by atoms with Crippen molar-refractivity contribution in [2.24, 2.45) is 0 Å². The van der Waals surface area contributed by atoms with Gasteiger partial charge >= 0.3 is 0 Å². The maximum Gasteiger partial charge on any atom is 0.169 e. The molecule has 0 bridgehead atoms. The summed E-state index contributed by atoms with van der Waals surface area (Å²) in [6.07, 6.45) is 19.6. The Labute approximate surface area is 144 Å². The first kappa shape index (κ1) is 18.2. The SMILES string of the molecule is CC(CCP(C1CCCC1)C1CCCC1)[n+]1ccccc1.[Cl-]. The number of rotatable bonds is 6. The maximum absolute atomic E-state index is 2.40. The van der Waals surface area contributed by atoms with Crippen LogP contribution in [-0.4, -0.2) is 17.5 Å². The molecule has 22 heavy (non-hydrogen) atoms. The second-order valence-electron chi connectivity index (χ2n) is 7.07. The zero-order chi connectivity index (χ0) is 14.5. The third-order valence-corrected chi connectivity index (χ3v) is 9.32. The molecule has 0 radical (unpaired) electrons. The minimum atomic E-state index is 0. The molecule has 2 aliphatic rings. The number of hydrogen-bond acceptors (Lipinski definition) is 0.